The summed E-state index contributed by atoms with van der Waals surface area (Å²) in [4.78, 5) is 23.4. The van der Waals surface area contributed by atoms with Crippen LogP contribution in [0.1, 0.15) is 48.0 Å². The van der Waals surface area contributed by atoms with Crippen molar-refractivity contribution in [1.29, 1.82) is 0 Å². The molecule has 4 saturated carbocycles. The summed E-state index contributed by atoms with van der Waals surface area (Å²) in [5.74, 6) is 2.82. The first-order valence-electron chi connectivity index (χ1n) is 10.2. The molecule has 8 heteroatoms. The van der Waals surface area contributed by atoms with E-state index in [0.29, 0.717) is 34.5 Å². The summed E-state index contributed by atoms with van der Waals surface area (Å²) in [7, 11) is 0. The number of nitro groups is 1. The molecule has 1 amide bonds. The maximum Gasteiger partial charge on any atom is 0.404 e. The Hall–Kier alpha value is -2.22. The van der Waals surface area contributed by atoms with Crippen LogP contribution < -0.4 is 5.32 Å². The summed E-state index contributed by atoms with van der Waals surface area (Å²) in [6, 6.07) is 7.75. The minimum atomic E-state index is -0.518. The van der Waals surface area contributed by atoms with Gasteiger partial charge in [0.25, 0.3) is 5.91 Å². The Labute approximate surface area is 177 Å². The Morgan fingerprint density at radius 1 is 1.21 bits per heavy atom. The highest BCUT2D eigenvalue weighted by Crippen LogP contribution is 2.53. The van der Waals surface area contributed by atoms with Gasteiger partial charge in [0.05, 0.1) is 17.8 Å². The number of hydrogen-bond donors (Lipinski definition) is 1. The van der Waals surface area contributed by atoms with Crippen molar-refractivity contribution in [2.75, 3.05) is 0 Å². The molecule has 4 aliphatic carbocycles. The van der Waals surface area contributed by atoms with Crippen LogP contribution in [0.15, 0.2) is 34.9 Å². The van der Waals surface area contributed by atoms with Crippen LogP contribution in [0, 0.1) is 33.8 Å². The third kappa shape index (κ3) is 3.58. The van der Waals surface area contributed by atoms with Gasteiger partial charge in [0.2, 0.25) is 0 Å². The highest BCUT2D eigenvalue weighted by atomic mass is 79.9. The summed E-state index contributed by atoms with van der Waals surface area (Å²) >= 11 is 3.17. The van der Waals surface area contributed by atoms with Gasteiger partial charge in [0, 0.05) is 11.6 Å². The zero-order chi connectivity index (χ0) is 20.1. The number of nitrogens with one attached hydrogen (secondary N) is 1. The highest BCUT2D eigenvalue weighted by molar-refractivity contribution is 9.10. The number of aromatic nitrogens is 2. The first-order chi connectivity index (χ1) is 14.0. The molecule has 1 aromatic carbocycles. The monoisotopic (exact) mass is 458 g/mol. The van der Waals surface area contributed by atoms with Gasteiger partial charge in [-0.2, -0.15) is 4.68 Å². The average molecular weight is 459 g/mol. The molecular formula is C21H23BrN4O3. The number of benzene rings is 1. The minimum Gasteiger partial charge on any atom is -0.358 e. The van der Waals surface area contributed by atoms with Gasteiger partial charge in [0.1, 0.15) is 4.47 Å². The summed E-state index contributed by atoms with van der Waals surface area (Å²) in [5, 5.41) is 18.3. The molecule has 0 aliphatic heterocycles. The lowest BCUT2D eigenvalue weighted by molar-refractivity contribution is -0.390. The van der Waals surface area contributed by atoms with E-state index in [4.69, 9.17) is 0 Å². The SMILES string of the molecule is O=C(NC1C2CC3CC(C2)CC1C3)c1cccc(Cn2cc(Br)c([N+](=O)[O-])n2)c1. The second-order valence-corrected chi connectivity index (χ2v) is 9.74. The van der Waals surface area contributed by atoms with Gasteiger partial charge in [-0.15, -0.1) is 0 Å². The van der Waals surface area contributed by atoms with Crippen LogP contribution in [-0.4, -0.2) is 26.7 Å². The molecule has 7 nitrogen and oxygen atoms in total. The molecular weight excluding hydrogens is 436 g/mol. The number of amides is 1. The number of nitrogens with zero attached hydrogens (tertiary/aromatic N) is 3. The molecule has 0 atom stereocenters. The summed E-state index contributed by atoms with van der Waals surface area (Å²) < 4.78 is 1.86. The van der Waals surface area contributed by atoms with E-state index in [0.717, 1.165) is 17.4 Å². The fraction of sp³-hybridized carbons (Fsp3) is 0.524. The number of rotatable bonds is 5. The van der Waals surface area contributed by atoms with E-state index in [-0.39, 0.29) is 11.7 Å². The quantitative estimate of drug-likeness (QED) is 0.537. The van der Waals surface area contributed by atoms with Crippen molar-refractivity contribution in [3.8, 4) is 0 Å². The molecule has 4 fully saturated rings. The normalized spacial score (nSPS) is 29.8. The van der Waals surface area contributed by atoms with Crippen LogP contribution in [0.3, 0.4) is 0 Å². The fourth-order valence-electron chi connectivity index (χ4n) is 5.99. The Kier molecular flexibility index (Phi) is 4.69. The predicted molar refractivity (Wildman–Crippen MR) is 110 cm³/mol. The third-order valence-corrected chi connectivity index (χ3v) is 7.49. The number of halogens is 1. The van der Waals surface area contributed by atoms with Crippen molar-refractivity contribution < 1.29 is 9.72 Å². The van der Waals surface area contributed by atoms with E-state index in [1.807, 2.05) is 24.3 Å². The van der Waals surface area contributed by atoms with Crippen molar-refractivity contribution in [2.45, 2.75) is 44.7 Å². The summed E-state index contributed by atoms with van der Waals surface area (Å²) in [6.45, 7) is 0.367. The molecule has 1 aromatic heterocycles. The molecule has 0 radical (unpaired) electrons. The van der Waals surface area contributed by atoms with Crippen molar-refractivity contribution in [2.24, 2.45) is 23.7 Å². The van der Waals surface area contributed by atoms with E-state index in [9.17, 15) is 14.9 Å². The molecule has 29 heavy (non-hydrogen) atoms. The molecule has 4 aliphatic rings. The maximum atomic E-state index is 13.0. The van der Waals surface area contributed by atoms with Crippen LogP contribution in [0.2, 0.25) is 0 Å². The zero-order valence-corrected chi connectivity index (χ0v) is 17.5. The molecule has 0 saturated heterocycles. The summed E-state index contributed by atoms with van der Waals surface area (Å²) in [5.41, 5.74) is 1.52. The van der Waals surface area contributed by atoms with Crippen LogP contribution in [-0.2, 0) is 6.54 Å². The van der Waals surface area contributed by atoms with Gasteiger partial charge in [-0.3, -0.25) is 4.79 Å². The van der Waals surface area contributed by atoms with Crippen molar-refractivity contribution in [3.63, 3.8) is 0 Å². The molecule has 4 bridgehead atoms. The van der Waals surface area contributed by atoms with E-state index >= 15 is 0 Å². The standard InChI is InChI=1S/C21H23BrN4O3/c22-18-11-25(24-20(18)26(28)29)10-12-2-1-3-15(5-12)21(27)23-19-16-6-13-4-14(8-16)9-17(19)7-13/h1-3,5,11,13-14,16-17,19H,4,6-10H2,(H,23,27). The van der Waals surface area contributed by atoms with E-state index in [1.165, 1.54) is 36.8 Å². The lowest BCUT2D eigenvalue weighted by Crippen LogP contribution is -2.55. The second-order valence-electron chi connectivity index (χ2n) is 8.89. The fourth-order valence-corrected chi connectivity index (χ4v) is 6.45. The zero-order valence-electron chi connectivity index (χ0n) is 16.0. The molecule has 1 N–H and O–H groups in total. The number of hydrogen-bond acceptors (Lipinski definition) is 4. The Bertz CT molecular complexity index is 945. The first-order valence-corrected chi connectivity index (χ1v) is 11.0. The van der Waals surface area contributed by atoms with Gasteiger partial charge < -0.3 is 15.4 Å². The average Bonchev–Trinajstić information content (AvgIpc) is 3.04. The third-order valence-electron chi connectivity index (χ3n) is 6.93. The Morgan fingerprint density at radius 2 is 1.90 bits per heavy atom. The van der Waals surface area contributed by atoms with Crippen LogP contribution >= 0.6 is 15.9 Å². The maximum absolute atomic E-state index is 13.0. The van der Waals surface area contributed by atoms with Crippen LogP contribution in [0.4, 0.5) is 5.82 Å². The smallest absolute Gasteiger partial charge is 0.358 e. The topological polar surface area (TPSA) is 90.1 Å². The molecule has 6 rings (SSSR count). The minimum absolute atomic E-state index is 0.0167. The number of carbonyl (C=O) groups is 1. The Morgan fingerprint density at radius 3 is 2.52 bits per heavy atom. The van der Waals surface area contributed by atoms with E-state index < -0.39 is 4.92 Å². The van der Waals surface area contributed by atoms with E-state index in [1.54, 1.807) is 6.20 Å². The van der Waals surface area contributed by atoms with Crippen molar-refractivity contribution in [3.05, 3.63) is 56.2 Å². The summed E-state index contributed by atoms with van der Waals surface area (Å²) in [6.07, 6.45) is 8.06. The van der Waals surface area contributed by atoms with Crippen molar-refractivity contribution >= 4 is 27.7 Å². The number of carbonyl (C=O) groups excluding carboxylic acids is 1. The molecule has 152 valence electrons. The Balaban J connectivity index is 1.29. The molecule has 1 heterocycles. The lowest BCUT2D eigenvalue weighted by Gasteiger charge is -2.54. The van der Waals surface area contributed by atoms with E-state index in [2.05, 4.69) is 26.3 Å². The van der Waals surface area contributed by atoms with Crippen molar-refractivity contribution in [1.82, 2.24) is 15.1 Å². The first kappa shape index (κ1) is 18.8. The van der Waals surface area contributed by atoms with Gasteiger partial charge in [-0.25, -0.2) is 0 Å². The van der Waals surface area contributed by atoms with Gasteiger partial charge in [-0.1, -0.05) is 12.1 Å². The second kappa shape index (κ2) is 7.23. The molecule has 0 spiro atoms. The largest absolute Gasteiger partial charge is 0.404 e. The van der Waals surface area contributed by atoms with Gasteiger partial charge in [-0.05, 0) is 94.3 Å². The van der Waals surface area contributed by atoms with Crippen LogP contribution in [0.25, 0.3) is 0 Å². The molecule has 2 aromatic rings. The highest BCUT2D eigenvalue weighted by Gasteiger charge is 2.48. The lowest BCUT2D eigenvalue weighted by atomic mass is 9.54. The molecule has 0 unspecified atom stereocenters. The van der Waals surface area contributed by atoms with Gasteiger partial charge in [0.15, 0.2) is 0 Å². The predicted octanol–water partition coefficient (Wildman–Crippen LogP) is 4.16. The van der Waals surface area contributed by atoms with Crippen LogP contribution in [0.5, 0.6) is 0 Å². The van der Waals surface area contributed by atoms with Gasteiger partial charge >= 0.3 is 5.82 Å².